The van der Waals surface area contributed by atoms with Crippen LogP contribution in [-0.2, 0) is 5.41 Å². The van der Waals surface area contributed by atoms with E-state index in [2.05, 4.69) is 53.0 Å². The number of carbonyl (C=O) groups excluding carboxylic acids is 2. The second kappa shape index (κ2) is 9.41. The number of allylic oxidation sites excluding steroid dienone is 1. The third kappa shape index (κ3) is 3.91. The molecule has 0 unspecified atom stereocenters. The SMILES string of the molecule is CC1(C)c2cc(N(c3cccnc3)c3cccnc3)ccc2-c2sc(C=C3C(=O)c4cc5ccccc5cc4C3=O)cc21. The number of benzene rings is 3. The van der Waals surface area contributed by atoms with Gasteiger partial charge in [-0.15, -0.1) is 11.3 Å². The predicted molar refractivity (Wildman–Crippen MR) is 173 cm³/mol. The van der Waals surface area contributed by atoms with Crippen LogP contribution in [0.15, 0.2) is 115 Å². The highest BCUT2D eigenvalue weighted by Gasteiger charge is 2.39. The molecule has 2 aliphatic rings. The van der Waals surface area contributed by atoms with Crippen LogP contribution in [0.4, 0.5) is 17.1 Å². The minimum absolute atomic E-state index is 0.200. The van der Waals surface area contributed by atoms with Crippen molar-refractivity contribution in [3.05, 3.63) is 142 Å². The van der Waals surface area contributed by atoms with Crippen LogP contribution in [0.5, 0.6) is 0 Å². The molecule has 0 radical (unpaired) electrons. The lowest BCUT2D eigenvalue weighted by Gasteiger charge is -2.27. The van der Waals surface area contributed by atoms with Crippen LogP contribution in [0.25, 0.3) is 27.3 Å². The summed E-state index contributed by atoms with van der Waals surface area (Å²) in [6, 6.07) is 28.2. The average Bonchev–Trinajstić information content (AvgIpc) is 3.63. The largest absolute Gasteiger partial charge is 0.307 e. The smallest absolute Gasteiger partial charge is 0.197 e. The molecule has 5 nitrogen and oxygen atoms in total. The zero-order chi connectivity index (χ0) is 29.3. The summed E-state index contributed by atoms with van der Waals surface area (Å²) in [6.07, 6.45) is 9.04. The van der Waals surface area contributed by atoms with E-state index in [1.165, 1.54) is 21.6 Å². The fourth-order valence-corrected chi connectivity index (χ4v) is 7.68. The van der Waals surface area contributed by atoms with E-state index in [4.69, 9.17) is 0 Å². The quantitative estimate of drug-likeness (QED) is 0.155. The van der Waals surface area contributed by atoms with Gasteiger partial charge in [0.15, 0.2) is 11.6 Å². The van der Waals surface area contributed by atoms with Crippen LogP contribution < -0.4 is 4.90 Å². The number of anilines is 3. The highest BCUT2D eigenvalue weighted by atomic mass is 32.1. The van der Waals surface area contributed by atoms with E-state index >= 15 is 0 Å². The van der Waals surface area contributed by atoms with E-state index in [1.54, 1.807) is 29.8 Å². The Morgan fingerprint density at radius 2 is 1.30 bits per heavy atom. The lowest BCUT2D eigenvalue weighted by atomic mass is 9.82. The van der Waals surface area contributed by atoms with Crippen LogP contribution in [0.3, 0.4) is 0 Å². The van der Waals surface area contributed by atoms with Gasteiger partial charge in [-0.3, -0.25) is 19.6 Å². The molecule has 0 spiro atoms. The van der Waals surface area contributed by atoms with Gasteiger partial charge >= 0.3 is 0 Å². The van der Waals surface area contributed by atoms with Crippen molar-refractivity contribution in [1.82, 2.24) is 9.97 Å². The fourth-order valence-electron chi connectivity index (χ4n) is 6.38. The van der Waals surface area contributed by atoms with Gasteiger partial charge in [0.25, 0.3) is 0 Å². The Balaban J connectivity index is 1.19. The Labute approximate surface area is 252 Å². The van der Waals surface area contributed by atoms with Crippen molar-refractivity contribution in [2.45, 2.75) is 19.3 Å². The summed E-state index contributed by atoms with van der Waals surface area (Å²) in [5.41, 5.74) is 7.49. The normalized spacial score (nSPS) is 14.5. The highest BCUT2D eigenvalue weighted by molar-refractivity contribution is 7.16. The molecule has 6 heteroatoms. The molecule has 8 rings (SSSR count). The molecule has 0 N–H and O–H groups in total. The standard InChI is InChI=1S/C37H25N3O2S/c1-37(2)32-17-24(40(25-9-5-13-38-20-25)26-10-6-14-39-21-26)11-12-28(32)36-33(37)19-27(43-36)18-31-34(41)29-15-22-7-3-4-8-23(22)16-30(29)35(31)42/h3-21H,1-2H3. The summed E-state index contributed by atoms with van der Waals surface area (Å²) in [5.74, 6) is -0.399. The molecule has 3 aromatic heterocycles. The third-order valence-corrected chi connectivity index (χ3v) is 9.68. The summed E-state index contributed by atoms with van der Waals surface area (Å²) in [7, 11) is 0. The van der Waals surface area contributed by atoms with Crippen molar-refractivity contribution < 1.29 is 9.59 Å². The van der Waals surface area contributed by atoms with Crippen LogP contribution in [0.1, 0.15) is 50.6 Å². The lowest BCUT2D eigenvalue weighted by molar-refractivity contribution is 0.0990. The average molecular weight is 576 g/mol. The number of Topliss-reactive ketones (excluding diaryl/α,β-unsaturated/α-hetero) is 2. The minimum atomic E-state index is -0.270. The van der Waals surface area contributed by atoms with Crippen molar-refractivity contribution in [3.63, 3.8) is 0 Å². The molecule has 2 aliphatic carbocycles. The van der Waals surface area contributed by atoms with Crippen molar-refractivity contribution in [1.29, 1.82) is 0 Å². The maximum absolute atomic E-state index is 13.4. The molecule has 0 saturated carbocycles. The zero-order valence-electron chi connectivity index (χ0n) is 23.5. The number of hydrogen-bond acceptors (Lipinski definition) is 6. The minimum Gasteiger partial charge on any atom is -0.307 e. The molecule has 3 aromatic carbocycles. The lowest BCUT2D eigenvalue weighted by Crippen LogP contribution is -2.16. The topological polar surface area (TPSA) is 63.2 Å². The van der Waals surface area contributed by atoms with E-state index in [9.17, 15) is 9.59 Å². The van der Waals surface area contributed by atoms with Crippen molar-refractivity contribution >= 4 is 56.8 Å². The number of hydrogen-bond donors (Lipinski definition) is 0. The van der Waals surface area contributed by atoms with Gasteiger partial charge in [-0.1, -0.05) is 44.2 Å². The van der Waals surface area contributed by atoms with E-state index in [0.29, 0.717) is 11.1 Å². The predicted octanol–water partition coefficient (Wildman–Crippen LogP) is 8.93. The van der Waals surface area contributed by atoms with Crippen molar-refractivity contribution in [3.8, 4) is 10.4 Å². The summed E-state index contributed by atoms with van der Waals surface area (Å²) < 4.78 is 0. The molecule has 0 aliphatic heterocycles. The number of rotatable bonds is 4. The molecule has 3 heterocycles. The summed E-state index contributed by atoms with van der Waals surface area (Å²) in [6.45, 7) is 4.47. The number of aromatic nitrogens is 2. The maximum atomic E-state index is 13.4. The maximum Gasteiger partial charge on any atom is 0.197 e. The second-order valence-electron chi connectivity index (χ2n) is 11.5. The number of ketones is 2. The van der Waals surface area contributed by atoms with E-state index in [1.807, 2.05) is 73.1 Å². The van der Waals surface area contributed by atoms with E-state index < -0.39 is 0 Å². The number of thiophene rings is 1. The Hall–Kier alpha value is -5.20. The van der Waals surface area contributed by atoms with E-state index in [0.717, 1.165) is 32.7 Å². The van der Waals surface area contributed by atoms with Crippen LogP contribution in [0.2, 0.25) is 0 Å². The first-order chi connectivity index (χ1) is 20.9. The number of carbonyl (C=O) groups is 2. The molecule has 0 saturated heterocycles. The van der Waals surface area contributed by atoms with Crippen LogP contribution in [-0.4, -0.2) is 21.5 Å². The molecule has 6 aromatic rings. The summed E-state index contributed by atoms with van der Waals surface area (Å²) in [5, 5.41) is 1.92. The first-order valence-electron chi connectivity index (χ1n) is 14.1. The van der Waals surface area contributed by atoms with Gasteiger partial charge in [0, 0.05) is 44.4 Å². The number of fused-ring (bicyclic) bond motifs is 5. The van der Waals surface area contributed by atoms with Gasteiger partial charge in [0.05, 0.1) is 29.3 Å². The molecular weight excluding hydrogens is 550 g/mol. The van der Waals surface area contributed by atoms with Crippen LogP contribution >= 0.6 is 11.3 Å². The Morgan fingerprint density at radius 3 is 1.88 bits per heavy atom. The molecule has 0 fully saturated rings. The van der Waals surface area contributed by atoms with Gasteiger partial charge in [-0.2, -0.15) is 0 Å². The summed E-state index contributed by atoms with van der Waals surface area (Å²) >= 11 is 1.63. The Morgan fingerprint density at radius 1 is 0.674 bits per heavy atom. The van der Waals surface area contributed by atoms with Crippen LogP contribution in [0, 0.1) is 0 Å². The molecule has 0 amide bonds. The highest BCUT2D eigenvalue weighted by Crippen LogP contribution is 2.54. The third-order valence-electron chi connectivity index (χ3n) is 8.56. The monoisotopic (exact) mass is 575 g/mol. The van der Waals surface area contributed by atoms with Gasteiger partial charge in [-0.25, -0.2) is 0 Å². The van der Waals surface area contributed by atoms with Gasteiger partial charge in [-0.05, 0) is 88.1 Å². The summed E-state index contributed by atoms with van der Waals surface area (Å²) in [4.78, 5) is 39.8. The first kappa shape index (κ1) is 25.5. The Kier molecular flexibility index (Phi) is 5.58. The zero-order valence-corrected chi connectivity index (χ0v) is 24.4. The molecule has 0 atom stereocenters. The van der Waals surface area contributed by atoms with Gasteiger partial charge in [0.2, 0.25) is 0 Å². The molecule has 0 bridgehead atoms. The fraction of sp³-hybridized carbons (Fsp3) is 0.0811. The van der Waals surface area contributed by atoms with Crippen molar-refractivity contribution in [2.75, 3.05) is 4.90 Å². The molecular formula is C37H25N3O2S. The van der Waals surface area contributed by atoms with Crippen molar-refractivity contribution in [2.24, 2.45) is 0 Å². The number of pyridine rings is 2. The van der Waals surface area contributed by atoms with Gasteiger partial charge in [0.1, 0.15) is 0 Å². The number of nitrogens with zero attached hydrogens (tertiary/aromatic N) is 3. The van der Waals surface area contributed by atoms with E-state index in [-0.39, 0.29) is 22.6 Å². The Bertz CT molecular complexity index is 2050. The van der Waals surface area contributed by atoms with Gasteiger partial charge < -0.3 is 4.90 Å². The second-order valence-corrected chi connectivity index (χ2v) is 12.5. The molecule has 206 valence electrons. The molecule has 43 heavy (non-hydrogen) atoms. The first-order valence-corrected chi connectivity index (χ1v) is 14.9.